The van der Waals surface area contributed by atoms with Crippen molar-refractivity contribution in [3.05, 3.63) is 35.2 Å². The number of nitrogens with zero attached hydrogens (tertiary/aromatic N) is 2. The number of ether oxygens (including phenoxy) is 1. The average molecular weight is 307 g/mol. The molecule has 0 unspecified atom stereocenters. The highest BCUT2D eigenvalue weighted by Gasteiger charge is 2.09. The normalized spacial score (nSPS) is 11.1. The van der Waals surface area contributed by atoms with Crippen molar-refractivity contribution >= 4 is 11.8 Å². The number of nitrogens with one attached hydrogen (secondary N) is 1. The molecule has 1 aromatic carbocycles. The summed E-state index contributed by atoms with van der Waals surface area (Å²) in [7, 11) is 1.69. The summed E-state index contributed by atoms with van der Waals surface area (Å²) in [5.41, 5.74) is 2.36. The zero-order valence-electron chi connectivity index (χ0n) is 12.8. The topological polar surface area (TPSA) is 60.2 Å². The van der Waals surface area contributed by atoms with Crippen LogP contribution >= 0.6 is 11.8 Å². The Morgan fingerprint density at radius 2 is 2.14 bits per heavy atom. The van der Waals surface area contributed by atoms with E-state index in [2.05, 4.69) is 41.5 Å². The van der Waals surface area contributed by atoms with E-state index in [4.69, 9.17) is 9.15 Å². The summed E-state index contributed by atoms with van der Waals surface area (Å²) >= 11 is 1.52. The lowest BCUT2D eigenvalue weighted by atomic mass is 10.1. The van der Waals surface area contributed by atoms with Crippen LogP contribution < -0.4 is 10.1 Å². The SMILES string of the molecule is COc1ccc(CNC(C)C)cc1CSc1nnc(C)o1. The Balaban J connectivity index is 2.06. The van der Waals surface area contributed by atoms with Crippen LogP contribution in [0.25, 0.3) is 0 Å². The maximum atomic E-state index is 5.42. The van der Waals surface area contributed by atoms with Crippen LogP contribution in [0, 0.1) is 6.92 Å². The number of hydrogen-bond acceptors (Lipinski definition) is 6. The van der Waals surface area contributed by atoms with Crippen molar-refractivity contribution in [2.45, 2.75) is 44.3 Å². The first-order valence-electron chi connectivity index (χ1n) is 6.90. The third-order valence-electron chi connectivity index (χ3n) is 2.92. The summed E-state index contributed by atoms with van der Waals surface area (Å²) in [6.07, 6.45) is 0. The summed E-state index contributed by atoms with van der Waals surface area (Å²) in [5, 5.41) is 11.8. The molecule has 2 rings (SSSR count). The molecule has 0 aliphatic heterocycles. The quantitative estimate of drug-likeness (QED) is 0.793. The minimum absolute atomic E-state index is 0.464. The van der Waals surface area contributed by atoms with Crippen LogP contribution in [0.4, 0.5) is 0 Å². The Morgan fingerprint density at radius 1 is 1.33 bits per heavy atom. The van der Waals surface area contributed by atoms with Crippen molar-refractivity contribution in [3.63, 3.8) is 0 Å². The Bertz CT molecular complexity index is 584. The molecule has 21 heavy (non-hydrogen) atoms. The number of aryl methyl sites for hydroxylation is 1. The number of aromatic nitrogens is 2. The Kier molecular flexibility index (Phi) is 5.64. The highest BCUT2D eigenvalue weighted by atomic mass is 32.2. The van der Waals surface area contributed by atoms with Gasteiger partial charge in [-0.05, 0) is 17.7 Å². The van der Waals surface area contributed by atoms with Crippen LogP contribution in [0.1, 0.15) is 30.9 Å². The predicted octanol–water partition coefficient (Wildman–Crippen LogP) is 3.18. The molecular weight excluding hydrogens is 286 g/mol. The molecule has 0 spiro atoms. The van der Waals surface area contributed by atoms with Crippen LogP contribution in [0.2, 0.25) is 0 Å². The first-order chi connectivity index (χ1) is 10.1. The molecule has 2 aromatic rings. The molecule has 0 atom stereocenters. The van der Waals surface area contributed by atoms with E-state index in [1.165, 1.54) is 17.3 Å². The Morgan fingerprint density at radius 3 is 2.76 bits per heavy atom. The second kappa shape index (κ2) is 7.47. The first kappa shape index (κ1) is 15.9. The first-order valence-corrected chi connectivity index (χ1v) is 7.89. The van der Waals surface area contributed by atoms with Gasteiger partial charge in [0.15, 0.2) is 0 Å². The van der Waals surface area contributed by atoms with Crippen LogP contribution in [0.3, 0.4) is 0 Å². The van der Waals surface area contributed by atoms with Gasteiger partial charge in [0.25, 0.3) is 5.22 Å². The number of rotatable bonds is 7. The zero-order chi connectivity index (χ0) is 15.2. The molecule has 0 saturated carbocycles. The molecule has 1 heterocycles. The van der Waals surface area contributed by atoms with Crippen LogP contribution in [-0.4, -0.2) is 23.3 Å². The van der Waals surface area contributed by atoms with Crippen LogP contribution in [-0.2, 0) is 12.3 Å². The minimum atomic E-state index is 0.464. The van der Waals surface area contributed by atoms with Crippen molar-refractivity contribution in [1.29, 1.82) is 0 Å². The van der Waals surface area contributed by atoms with Crippen molar-refractivity contribution in [2.75, 3.05) is 7.11 Å². The van der Waals surface area contributed by atoms with E-state index in [-0.39, 0.29) is 0 Å². The van der Waals surface area contributed by atoms with E-state index in [0.717, 1.165) is 23.6 Å². The molecule has 1 N–H and O–H groups in total. The zero-order valence-corrected chi connectivity index (χ0v) is 13.7. The summed E-state index contributed by atoms with van der Waals surface area (Å²) in [4.78, 5) is 0. The van der Waals surface area contributed by atoms with Gasteiger partial charge in [0, 0.05) is 30.8 Å². The maximum Gasteiger partial charge on any atom is 0.276 e. The molecule has 0 fully saturated rings. The molecule has 0 aliphatic rings. The van der Waals surface area contributed by atoms with Gasteiger partial charge in [0.05, 0.1) is 7.11 Å². The molecule has 114 valence electrons. The Labute approximate surface area is 129 Å². The van der Waals surface area contributed by atoms with Crippen molar-refractivity contribution in [1.82, 2.24) is 15.5 Å². The molecule has 5 nitrogen and oxygen atoms in total. The molecule has 0 aliphatic carbocycles. The lowest BCUT2D eigenvalue weighted by molar-refractivity contribution is 0.410. The Hall–Kier alpha value is -1.53. The third-order valence-corrected chi connectivity index (χ3v) is 3.79. The summed E-state index contributed by atoms with van der Waals surface area (Å²) in [6.45, 7) is 6.91. The lowest BCUT2D eigenvalue weighted by Gasteiger charge is -2.12. The van der Waals surface area contributed by atoms with Gasteiger partial charge >= 0.3 is 0 Å². The lowest BCUT2D eigenvalue weighted by Crippen LogP contribution is -2.21. The molecular formula is C15H21N3O2S. The molecule has 6 heteroatoms. The van der Waals surface area contributed by atoms with Gasteiger partial charge in [-0.3, -0.25) is 0 Å². The van der Waals surface area contributed by atoms with Gasteiger partial charge in [-0.25, -0.2) is 0 Å². The fourth-order valence-electron chi connectivity index (χ4n) is 1.85. The maximum absolute atomic E-state index is 5.42. The van der Waals surface area contributed by atoms with E-state index in [1.54, 1.807) is 14.0 Å². The highest BCUT2D eigenvalue weighted by Crippen LogP contribution is 2.28. The fraction of sp³-hybridized carbons (Fsp3) is 0.467. The third kappa shape index (κ3) is 4.75. The highest BCUT2D eigenvalue weighted by molar-refractivity contribution is 7.98. The van der Waals surface area contributed by atoms with Crippen molar-refractivity contribution in [3.8, 4) is 5.75 Å². The van der Waals surface area contributed by atoms with Gasteiger partial charge < -0.3 is 14.5 Å². The minimum Gasteiger partial charge on any atom is -0.496 e. The van der Waals surface area contributed by atoms with Crippen molar-refractivity contribution < 1.29 is 9.15 Å². The summed E-state index contributed by atoms with van der Waals surface area (Å²) in [6, 6.07) is 6.71. The molecule has 1 aromatic heterocycles. The van der Waals surface area contributed by atoms with Crippen molar-refractivity contribution in [2.24, 2.45) is 0 Å². The van der Waals surface area contributed by atoms with Gasteiger partial charge in [0.2, 0.25) is 5.89 Å². The number of benzene rings is 1. The van der Waals surface area contributed by atoms with Gasteiger partial charge in [-0.2, -0.15) is 0 Å². The van der Waals surface area contributed by atoms with E-state index in [1.807, 2.05) is 6.07 Å². The number of methoxy groups -OCH3 is 1. The largest absolute Gasteiger partial charge is 0.496 e. The average Bonchev–Trinajstić information content (AvgIpc) is 2.88. The summed E-state index contributed by atoms with van der Waals surface area (Å²) in [5.74, 6) is 2.20. The molecule has 0 radical (unpaired) electrons. The van der Waals surface area contributed by atoms with Gasteiger partial charge in [0.1, 0.15) is 5.75 Å². The molecule has 0 amide bonds. The van der Waals surface area contributed by atoms with E-state index >= 15 is 0 Å². The predicted molar refractivity (Wildman–Crippen MR) is 83.6 cm³/mol. The number of hydrogen-bond donors (Lipinski definition) is 1. The van der Waals surface area contributed by atoms with Gasteiger partial charge in [-0.15, -0.1) is 10.2 Å². The van der Waals surface area contributed by atoms with E-state index in [0.29, 0.717) is 17.2 Å². The fourth-order valence-corrected chi connectivity index (χ4v) is 2.64. The second-order valence-electron chi connectivity index (χ2n) is 5.06. The van der Waals surface area contributed by atoms with E-state index < -0.39 is 0 Å². The molecule has 0 bridgehead atoms. The monoisotopic (exact) mass is 307 g/mol. The summed E-state index contributed by atoms with van der Waals surface area (Å²) < 4.78 is 10.8. The smallest absolute Gasteiger partial charge is 0.276 e. The standard InChI is InChI=1S/C15H21N3O2S/c1-10(2)16-8-12-5-6-14(19-4)13(7-12)9-21-15-18-17-11(3)20-15/h5-7,10,16H,8-9H2,1-4H3. The number of thioether (sulfide) groups is 1. The van der Waals surface area contributed by atoms with E-state index in [9.17, 15) is 0 Å². The molecule has 0 saturated heterocycles. The van der Waals surface area contributed by atoms with Crippen LogP contribution in [0.5, 0.6) is 5.75 Å². The van der Waals surface area contributed by atoms with Gasteiger partial charge in [-0.1, -0.05) is 31.7 Å². The second-order valence-corrected chi connectivity index (χ2v) is 5.98. The van der Waals surface area contributed by atoms with Crippen LogP contribution in [0.15, 0.2) is 27.8 Å².